The Balaban J connectivity index is 0.00000300. The lowest BCUT2D eigenvalue weighted by molar-refractivity contribution is 0.0513. The van der Waals surface area contributed by atoms with Gasteiger partial charge in [-0.25, -0.2) is 4.98 Å². The standard InChI is InChI=1S/C21H30N4O3.HI/c1-15-16(2)28-19(25-15)13-23-20(22-3)24-14-21(9-11-27-12-10-21)17-5-7-18(26-4)8-6-17;/h5-8H,9-14H2,1-4H3,(H2,22,23,24);1H. The van der Waals surface area contributed by atoms with Crippen LogP contribution in [-0.2, 0) is 16.7 Å². The van der Waals surface area contributed by atoms with E-state index < -0.39 is 0 Å². The average molecular weight is 514 g/mol. The number of halogens is 1. The molecule has 0 radical (unpaired) electrons. The molecular weight excluding hydrogens is 483 g/mol. The fourth-order valence-electron chi connectivity index (χ4n) is 3.52. The summed E-state index contributed by atoms with van der Waals surface area (Å²) >= 11 is 0. The van der Waals surface area contributed by atoms with Gasteiger partial charge < -0.3 is 24.5 Å². The number of nitrogens with zero attached hydrogens (tertiary/aromatic N) is 2. The van der Waals surface area contributed by atoms with Crippen molar-refractivity contribution >= 4 is 29.9 Å². The van der Waals surface area contributed by atoms with Gasteiger partial charge in [-0.1, -0.05) is 12.1 Å². The molecule has 1 aromatic carbocycles. The van der Waals surface area contributed by atoms with E-state index >= 15 is 0 Å². The summed E-state index contributed by atoms with van der Waals surface area (Å²) in [4.78, 5) is 8.75. The zero-order valence-corrected chi connectivity index (χ0v) is 19.9. The molecule has 0 spiro atoms. The lowest BCUT2D eigenvalue weighted by Gasteiger charge is -2.38. The highest BCUT2D eigenvalue weighted by molar-refractivity contribution is 14.0. The summed E-state index contributed by atoms with van der Waals surface area (Å²) in [7, 11) is 3.46. The predicted octanol–water partition coefficient (Wildman–Crippen LogP) is 3.33. The van der Waals surface area contributed by atoms with Crippen LogP contribution in [-0.4, -0.2) is 44.9 Å². The summed E-state index contributed by atoms with van der Waals surface area (Å²) in [6.07, 6.45) is 1.92. The molecule has 1 saturated heterocycles. The second-order valence-corrected chi connectivity index (χ2v) is 7.15. The maximum Gasteiger partial charge on any atom is 0.214 e. The monoisotopic (exact) mass is 514 g/mol. The number of guanidine groups is 1. The number of aromatic nitrogens is 1. The first-order valence-electron chi connectivity index (χ1n) is 9.66. The number of hydrogen-bond donors (Lipinski definition) is 2. The topological polar surface area (TPSA) is 80.9 Å². The third-order valence-corrected chi connectivity index (χ3v) is 5.45. The maximum atomic E-state index is 5.63. The molecule has 1 aliphatic rings. The van der Waals surface area contributed by atoms with Gasteiger partial charge in [-0.3, -0.25) is 4.99 Å². The zero-order valence-electron chi connectivity index (χ0n) is 17.6. The Labute approximate surface area is 189 Å². The molecule has 7 nitrogen and oxygen atoms in total. The van der Waals surface area contributed by atoms with Crippen molar-refractivity contribution in [2.24, 2.45) is 4.99 Å². The highest BCUT2D eigenvalue weighted by Crippen LogP contribution is 2.35. The summed E-state index contributed by atoms with van der Waals surface area (Å²) in [6, 6.07) is 8.35. The van der Waals surface area contributed by atoms with Crippen molar-refractivity contribution in [1.82, 2.24) is 15.6 Å². The first kappa shape index (κ1) is 23.5. The van der Waals surface area contributed by atoms with Crippen molar-refractivity contribution in [3.8, 4) is 5.75 Å². The number of ether oxygens (including phenoxy) is 2. The molecule has 29 heavy (non-hydrogen) atoms. The molecular formula is C21H31IN4O3. The average Bonchev–Trinajstić information content (AvgIpc) is 3.06. The fraction of sp³-hybridized carbons (Fsp3) is 0.524. The molecule has 2 aromatic rings. The van der Waals surface area contributed by atoms with Crippen molar-refractivity contribution in [1.29, 1.82) is 0 Å². The van der Waals surface area contributed by atoms with Crippen molar-refractivity contribution in [3.05, 3.63) is 47.2 Å². The van der Waals surface area contributed by atoms with Crippen LogP contribution in [0.15, 0.2) is 33.7 Å². The molecule has 160 valence electrons. The van der Waals surface area contributed by atoms with E-state index in [2.05, 4.69) is 32.7 Å². The Morgan fingerprint density at radius 3 is 2.41 bits per heavy atom. The Kier molecular flexibility index (Phi) is 8.76. The van der Waals surface area contributed by atoms with Gasteiger partial charge in [0.25, 0.3) is 0 Å². The van der Waals surface area contributed by atoms with E-state index in [-0.39, 0.29) is 29.4 Å². The van der Waals surface area contributed by atoms with Crippen LogP contribution in [0.25, 0.3) is 0 Å². The van der Waals surface area contributed by atoms with Crippen LogP contribution < -0.4 is 15.4 Å². The Bertz CT molecular complexity index is 779. The van der Waals surface area contributed by atoms with E-state index in [1.54, 1.807) is 14.2 Å². The number of aliphatic imine (C=N–C) groups is 1. The van der Waals surface area contributed by atoms with Crippen LogP contribution in [0.3, 0.4) is 0 Å². The van der Waals surface area contributed by atoms with E-state index in [1.807, 2.05) is 26.0 Å². The minimum absolute atomic E-state index is 0. The van der Waals surface area contributed by atoms with Crippen LogP contribution in [0, 0.1) is 13.8 Å². The van der Waals surface area contributed by atoms with Gasteiger partial charge in [-0.15, -0.1) is 24.0 Å². The zero-order chi connectivity index (χ0) is 20.0. The highest BCUT2D eigenvalue weighted by Gasteiger charge is 2.34. The minimum Gasteiger partial charge on any atom is -0.497 e. The number of hydrogen-bond acceptors (Lipinski definition) is 5. The van der Waals surface area contributed by atoms with Gasteiger partial charge in [-0.05, 0) is 44.4 Å². The van der Waals surface area contributed by atoms with E-state index in [9.17, 15) is 0 Å². The molecule has 8 heteroatoms. The predicted molar refractivity (Wildman–Crippen MR) is 124 cm³/mol. The second-order valence-electron chi connectivity index (χ2n) is 7.15. The number of aryl methyl sites for hydroxylation is 2. The molecule has 0 amide bonds. The van der Waals surface area contributed by atoms with Crippen LogP contribution in [0.1, 0.15) is 35.7 Å². The third-order valence-electron chi connectivity index (χ3n) is 5.45. The first-order valence-corrected chi connectivity index (χ1v) is 9.66. The van der Waals surface area contributed by atoms with E-state index in [4.69, 9.17) is 13.9 Å². The van der Waals surface area contributed by atoms with Gasteiger partial charge >= 0.3 is 0 Å². The lowest BCUT2D eigenvalue weighted by Crippen LogP contribution is -2.47. The third kappa shape index (κ3) is 5.85. The largest absolute Gasteiger partial charge is 0.497 e. The molecule has 0 atom stereocenters. The van der Waals surface area contributed by atoms with Gasteiger partial charge in [0, 0.05) is 32.2 Å². The van der Waals surface area contributed by atoms with Gasteiger partial charge in [0.15, 0.2) is 5.96 Å². The molecule has 2 heterocycles. The number of benzene rings is 1. The quantitative estimate of drug-likeness (QED) is 0.350. The second kappa shape index (κ2) is 10.8. The van der Waals surface area contributed by atoms with Crippen LogP contribution in [0.2, 0.25) is 0 Å². The van der Waals surface area contributed by atoms with E-state index in [0.717, 1.165) is 55.8 Å². The highest BCUT2D eigenvalue weighted by atomic mass is 127. The molecule has 1 aliphatic heterocycles. The Hall–Kier alpha value is -1.81. The van der Waals surface area contributed by atoms with Crippen LogP contribution in [0.5, 0.6) is 5.75 Å². The van der Waals surface area contributed by atoms with Crippen LogP contribution in [0.4, 0.5) is 0 Å². The number of nitrogens with one attached hydrogen (secondary N) is 2. The van der Waals surface area contributed by atoms with Gasteiger partial charge in [0.2, 0.25) is 5.89 Å². The smallest absolute Gasteiger partial charge is 0.214 e. The molecule has 0 unspecified atom stereocenters. The number of methoxy groups -OCH3 is 1. The SMILES string of the molecule is CN=C(NCc1nc(C)c(C)o1)NCC1(c2ccc(OC)cc2)CCOCC1.I. The van der Waals surface area contributed by atoms with Gasteiger partial charge in [0.05, 0.1) is 19.3 Å². The number of rotatable bonds is 6. The molecule has 0 saturated carbocycles. The van der Waals surface area contributed by atoms with Gasteiger partial charge in [0.1, 0.15) is 11.5 Å². The Morgan fingerprint density at radius 2 is 1.86 bits per heavy atom. The van der Waals surface area contributed by atoms with Crippen molar-refractivity contribution in [3.63, 3.8) is 0 Å². The molecule has 3 rings (SSSR count). The van der Waals surface area contributed by atoms with Crippen molar-refractivity contribution < 1.29 is 13.9 Å². The summed E-state index contributed by atoms with van der Waals surface area (Å²) in [6.45, 7) is 6.64. The minimum atomic E-state index is -0.00174. The maximum absolute atomic E-state index is 5.63. The van der Waals surface area contributed by atoms with Crippen molar-refractivity contribution in [2.45, 2.75) is 38.6 Å². The van der Waals surface area contributed by atoms with E-state index in [1.165, 1.54) is 5.56 Å². The van der Waals surface area contributed by atoms with Gasteiger partial charge in [-0.2, -0.15) is 0 Å². The van der Waals surface area contributed by atoms with Crippen LogP contribution >= 0.6 is 24.0 Å². The summed E-state index contributed by atoms with van der Waals surface area (Å²) in [5, 5.41) is 6.77. The fourth-order valence-corrected chi connectivity index (χ4v) is 3.52. The lowest BCUT2D eigenvalue weighted by atomic mass is 9.74. The molecule has 0 bridgehead atoms. The molecule has 0 aliphatic carbocycles. The first-order chi connectivity index (χ1) is 13.6. The molecule has 1 fully saturated rings. The molecule has 2 N–H and O–H groups in total. The normalized spacial score (nSPS) is 16.1. The summed E-state index contributed by atoms with van der Waals surface area (Å²) < 4.78 is 16.6. The number of oxazole rings is 1. The summed E-state index contributed by atoms with van der Waals surface area (Å²) in [5.74, 6) is 3.11. The van der Waals surface area contributed by atoms with Crippen molar-refractivity contribution in [2.75, 3.05) is 33.9 Å². The van der Waals surface area contributed by atoms with E-state index in [0.29, 0.717) is 12.4 Å². The molecule has 1 aromatic heterocycles. The Morgan fingerprint density at radius 1 is 1.17 bits per heavy atom. The summed E-state index contributed by atoms with van der Waals surface area (Å²) in [5.41, 5.74) is 2.21.